The molecule has 0 spiro atoms. The zero-order chi connectivity index (χ0) is 12.8. The van der Waals surface area contributed by atoms with E-state index in [0.717, 1.165) is 6.54 Å². The van der Waals surface area contributed by atoms with Gasteiger partial charge in [0.15, 0.2) is 0 Å². The monoisotopic (exact) mass is 242 g/mol. The summed E-state index contributed by atoms with van der Waals surface area (Å²) in [5.74, 6) is 0. The molecule has 96 valence electrons. The lowest BCUT2D eigenvalue weighted by Gasteiger charge is -2.19. The van der Waals surface area contributed by atoms with Crippen LogP contribution in [0.25, 0.3) is 10.8 Å². The number of fused-ring (bicyclic) bond motifs is 1. The van der Waals surface area contributed by atoms with Crippen molar-refractivity contribution < 1.29 is 0 Å². The molecule has 1 unspecified atom stereocenters. The molecule has 1 N–H and O–H groups in total. The predicted molar refractivity (Wildman–Crippen MR) is 77.7 cm³/mol. The van der Waals surface area contributed by atoms with Gasteiger partial charge in [-0.15, -0.1) is 0 Å². The van der Waals surface area contributed by atoms with E-state index in [1.165, 1.54) is 35.6 Å². The Morgan fingerprint density at radius 2 is 2.00 bits per heavy atom. The molecule has 0 saturated carbocycles. The number of unbranched alkanes of at least 4 members (excludes halogenated alkanes) is 1. The second kappa shape index (κ2) is 6.50. The summed E-state index contributed by atoms with van der Waals surface area (Å²) in [6.45, 7) is 5.40. The fourth-order valence-corrected chi connectivity index (χ4v) is 2.44. The molecular weight excluding hydrogens is 220 g/mol. The molecule has 0 bridgehead atoms. The number of benzene rings is 1. The van der Waals surface area contributed by atoms with Gasteiger partial charge in [-0.2, -0.15) is 0 Å². The van der Waals surface area contributed by atoms with Gasteiger partial charge in [0.25, 0.3) is 0 Å². The highest BCUT2D eigenvalue weighted by molar-refractivity contribution is 5.85. The normalized spacial score (nSPS) is 12.8. The minimum Gasteiger partial charge on any atom is -0.310 e. The first-order chi connectivity index (χ1) is 8.86. The Hall–Kier alpha value is -1.41. The number of rotatable bonds is 6. The van der Waals surface area contributed by atoms with Crippen LogP contribution in [0.5, 0.6) is 0 Å². The van der Waals surface area contributed by atoms with Crippen LogP contribution < -0.4 is 5.32 Å². The molecule has 1 heterocycles. The number of hydrogen-bond donors (Lipinski definition) is 1. The van der Waals surface area contributed by atoms with E-state index in [2.05, 4.69) is 48.4 Å². The van der Waals surface area contributed by atoms with Crippen molar-refractivity contribution in [1.29, 1.82) is 0 Å². The Balaban J connectivity index is 2.36. The van der Waals surface area contributed by atoms with Crippen molar-refractivity contribution in [2.24, 2.45) is 0 Å². The Kier molecular flexibility index (Phi) is 4.71. The summed E-state index contributed by atoms with van der Waals surface area (Å²) in [6, 6.07) is 8.93. The summed E-state index contributed by atoms with van der Waals surface area (Å²) in [5.41, 5.74) is 1.34. The van der Waals surface area contributed by atoms with Gasteiger partial charge in [0, 0.05) is 23.8 Å². The van der Waals surface area contributed by atoms with Crippen LogP contribution >= 0.6 is 0 Å². The van der Waals surface area contributed by atoms with Crippen molar-refractivity contribution in [3.05, 3.63) is 42.2 Å². The standard InChI is InChI=1S/C16H22N2/c1-3-5-10-16(18-4-2)15-12-17-11-13-8-6-7-9-14(13)15/h6-9,11-12,16,18H,3-5,10H2,1-2H3. The second-order valence-electron chi connectivity index (χ2n) is 4.70. The molecule has 2 rings (SSSR count). The maximum atomic E-state index is 4.38. The van der Waals surface area contributed by atoms with Gasteiger partial charge >= 0.3 is 0 Å². The highest BCUT2D eigenvalue weighted by Gasteiger charge is 2.12. The maximum absolute atomic E-state index is 4.38. The lowest BCUT2D eigenvalue weighted by Crippen LogP contribution is -2.21. The summed E-state index contributed by atoms with van der Waals surface area (Å²) in [5, 5.41) is 6.15. The average Bonchev–Trinajstić information content (AvgIpc) is 2.43. The molecule has 1 aromatic carbocycles. The number of pyridine rings is 1. The molecule has 0 radical (unpaired) electrons. The van der Waals surface area contributed by atoms with Crippen LogP contribution in [0.1, 0.15) is 44.7 Å². The van der Waals surface area contributed by atoms with Crippen molar-refractivity contribution in [2.75, 3.05) is 6.54 Å². The molecule has 0 saturated heterocycles. The highest BCUT2D eigenvalue weighted by Crippen LogP contribution is 2.26. The zero-order valence-corrected chi connectivity index (χ0v) is 11.3. The van der Waals surface area contributed by atoms with E-state index < -0.39 is 0 Å². The second-order valence-corrected chi connectivity index (χ2v) is 4.70. The fourth-order valence-electron chi connectivity index (χ4n) is 2.44. The van der Waals surface area contributed by atoms with Crippen molar-refractivity contribution in [1.82, 2.24) is 10.3 Å². The molecule has 1 aromatic heterocycles. The van der Waals surface area contributed by atoms with Crippen LogP contribution in [0, 0.1) is 0 Å². The third-order valence-corrected chi connectivity index (χ3v) is 3.37. The molecule has 0 aliphatic heterocycles. The quantitative estimate of drug-likeness (QED) is 0.825. The maximum Gasteiger partial charge on any atom is 0.0346 e. The van der Waals surface area contributed by atoms with E-state index in [0.29, 0.717) is 6.04 Å². The van der Waals surface area contributed by atoms with Gasteiger partial charge in [0.1, 0.15) is 0 Å². The van der Waals surface area contributed by atoms with E-state index in [1.54, 1.807) is 0 Å². The lowest BCUT2D eigenvalue weighted by atomic mass is 9.97. The molecule has 0 fully saturated rings. The van der Waals surface area contributed by atoms with Crippen molar-refractivity contribution >= 4 is 10.8 Å². The summed E-state index contributed by atoms with van der Waals surface area (Å²) in [4.78, 5) is 4.38. The summed E-state index contributed by atoms with van der Waals surface area (Å²) in [6.07, 6.45) is 7.63. The Bertz CT molecular complexity index is 488. The van der Waals surface area contributed by atoms with Gasteiger partial charge in [-0.25, -0.2) is 0 Å². The van der Waals surface area contributed by atoms with Crippen molar-refractivity contribution in [3.63, 3.8) is 0 Å². The van der Waals surface area contributed by atoms with Gasteiger partial charge in [-0.3, -0.25) is 4.98 Å². The van der Waals surface area contributed by atoms with Gasteiger partial charge in [0.05, 0.1) is 0 Å². The highest BCUT2D eigenvalue weighted by atomic mass is 14.9. The number of aromatic nitrogens is 1. The predicted octanol–water partition coefficient (Wildman–Crippen LogP) is 4.08. The SMILES string of the molecule is CCCCC(NCC)c1cncc2ccccc12. The average molecular weight is 242 g/mol. The zero-order valence-electron chi connectivity index (χ0n) is 11.3. The molecule has 0 amide bonds. The number of hydrogen-bond acceptors (Lipinski definition) is 2. The van der Waals surface area contributed by atoms with Crippen molar-refractivity contribution in [2.45, 2.75) is 39.2 Å². The van der Waals surface area contributed by atoms with Crippen LogP contribution in [-0.2, 0) is 0 Å². The number of nitrogens with one attached hydrogen (secondary N) is 1. The lowest BCUT2D eigenvalue weighted by molar-refractivity contribution is 0.496. The Morgan fingerprint density at radius 1 is 1.17 bits per heavy atom. The number of nitrogens with zero attached hydrogens (tertiary/aromatic N) is 1. The molecule has 2 aromatic rings. The summed E-state index contributed by atoms with van der Waals surface area (Å²) < 4.78 is 0. The van der Waals surface area contributed by atoms with Gasteiger partial charge in [-0.1, -0.05) is 51.0 Å². The van der Waals surface area contributed by atoms with Gasteiger partial charge in [0.2, 0.25) is 0 Å². The molecule has 0 aliphatic rings. The van der Waals surface area contributed by atoms with E-state index in [1.807, 2.05) is 12.4 Å². The van der Waals surface area contributed by atoms with E-state index >= 15 is 0 Å². The molecule has 2 heteroatoms. The first kappa shape index (κ1) is 13.0. The molecule has 18 heavy (non-hydrogen) atoms. The topological polar surface area (TPSA) is 24.9 Å². The van der Waals surface area contributed by atoms with Crippen molar-refractivity contribution in [3.8, 4) is 0 Å². The van der Waals surface area contributed by atoms with Gasteiger partial charge in [-0.05, 0) is 23.9 Å². The van der Waals surface area contributed by atoms with Crippen LogP contribution in [0.3, 0.4) is 0 Å². The summed E-state index contributed by atoms with van der Waals surface area (Å²) in [7, 11) is 0. The molecule has 2 nitrogen and oxygen atoms in total. The largest absolute Gasteiger partial charge is 0.310 e. The van der Waals surface area contributed by atoms with E-state index in [9.17, 15) is 0 Å². The minimum absolute atomic E-state index is 0.425. The smallest absolute Gasteiger partial charge is 0.0346 e. The first-order valence-electron chi connectivity index (χ1n) is 6.92. The first-order valence-corrected chi connectivity index (χ1v) is 6.92. The third kappa shape index (κ3) is 2.88. The van der Waals surface area contributed by atoms with E-state index in [-0.39, 0.29) is 0 Å². The molecular formula is C16H22N2. The van der Waals surface area contributed by atoms with Crippen LogP contribution in [-0.4, -0.2) is 11.5 Å². The van der Waals surface area contributed by atoms with Crippen LogP contribution in [0.2, 0.25) is 0 Å². The Morgan fingerprint density at radius 3 is 2.78 bits per heavy atom. The Labute approximate surface area is 109 Å². The van der Waals surface area contributed by atoms with E-state index in [4.69, 9.17) is 0 Å². The fraction of sp³-hybridized carbons (Fsp3) is 0.438. The summed E-state index contributed by atoms with van der Waals surface area (Å²) >= 11 is 0. The van der Waals surface area contributed by atoms with Crippen LogP contribution in [0.15, 0.2) is 36.7 Å². The third-order valence-electron chi connectivity index (χ3n) is 3.37. The molecule has 1 atom stereocenters. The van der Waals surface area contributed by atoms with Gasteiger partial charge < -0.3 is 5.32 Å². The minimum atomic E-state index is 0.425. The van der Waals surface area contributed by atoms with Crippen LogP contribution in [0.4, 0.5) is 0 Å². The molecule has 0 aliphatic carbocycles.